The van der Waals surface area contributed by atoms with Crippen molar-refractivity contribution in [1.29, 1.82) is 0 Å². The third kappa shape index (κ3) is 38.6. The van der Waals surface area contributed by atoms with Gasteiger partial charge in [0.1, 0.15) is 24.4 Å². The molecule has 1 amide bonds. The van der Waals surface area contributed by atoms with Gasteiger partial charge in [0.25, 0.3) is 0 Å². The van der Waals surface area contributed by atoms with Gasteiger partial charge in [-0.3, -0.25) is 4.79 Å². The molecule has 0 bridgehead atoms. The molecule has 1 fully saturated rings. The molecule has 404 valence electrons. The van der Waals surface area contributed by atoms with Gasteiger partial charge in [-0.05, 0) is 19.3 Å². The molecule has 6 N–H and O–H groups in total. The van der Waals surface area contributed by atoms with Crippen molar-refractivity contribution in [3.8, 4) is 0 Å². The lowest BCUT2D eigenvalue weighted by Gasteiger charge is -2.40. The highest BCUT2D eigenvalue weighted by atomic mass is 16.7. The number of amides is 1. The van der Waals surface area contributed by atoms with Crippen LogP contribution >= 0.6 is 0 Å². The van der Waals surface area contributed by atoms with Crippen molar-refractivity contribution < 1.29 is 39.8 Å². The van der Waals surface area contributed by atoms with E-state index in [1.807, 2.05) is 6.08 Å². The van der Waals surface area contributed by atoms with Gasteiger partial charge in [0.2, 0.25) is 5.91 Å². The maximum Gasteiger partial charge on any atom is 0.220 e. The van der Waals surface area contributed by atoms with E-state index in [-0.39, 0.29) is 12.5 Å². The maximum absolute atomic E-state index is 12.9. The van der Waals surface area contributed by atoms with E-state index in [2.05, 4.69) is 19.2 Å². The predicted molar refractivity (Wildman–Crippen MR) is 286 cm³/mol. The topological polar surface area (TPSA) is 149 Å². The molecule has 0 aromatic rings. The normalized spacial score (nSPS) is 19.5. The Labute approximate surface area is 420 Å². The lowest BCUT2D eigenvalue weighted by molar-refractivity contribution is -0.302. The van der Waals surface area contributed by atoms with Crippen LogP contribution in [0, 0.1) is 0 Å². The zero-order valence-electron chi connectivity index (χ0n) is 44.9. The maximum atomic E-state index is 12.9. The third-order valence-electron chi connectivity index (χ3n) is 14.6. The summed E-state index contributed by atoms with van der Waals surface area (Å²) < 4.78 is 11.2. The highest BCUT2D eigenvalue weighted by Gasteiger charge is 2.44. The largest absolute Gasteiger partial charge is 0.394 e. The number of rotatable bonds is 52. The molecule has 7 atom stereocenters. The average molecular weight is 967 g/mol. The van der Waals surface area contributed by atoms with Gasteiger partial charge in [-0.2, -0.15) is 0 Å². The van der Waals surface area contributed by atoms with Crippen LogP contribution in [0.2, 0.25) is 0 Å². The molecule has 0 aliphatic carbocycles. The van der Waals surface area contributed by atoms with Crippen molar-refractivity contribution >= 4 is 5.91 Å². The number of carbonyl (C=O) groups is 1. The summed E-state index contributed by atoms with van der Waals surface area (Å²) in [5.74, 6) is -0.177. The molecule has 1 heterocycles. The summed E-state index contributed by atoms with van der Waals surface area (Å²) in [4.78, 5) is 12.9. The molecule has 0 saturated carbocycles. The second-order valence-corrected chi connectivity index (χ2v) is 21.2. The molecule has 1 aliphatic rings. The van der Waals surface area contributed by atoms with E-state index in [4.69, 9.17) is 9.47 Å². The number of ether oxygens (including phenoxy) is 2. The molecule has 1 saturated heterocycles. The number of aliphatic hydroxyl groups excluding tert-OH is 5. The summed E-state index contributed by atoms with van der Waals surface area (Å²) >= 11 is 0. The number of aliphatic hydroxyl groups is 5. The Morgan fingerprint density at radius 2 is 0.809 bits per heavy atom. The van der Waals surface area contributed by atoms with Gasteiger partial charge < -0.3 is 40.3 Å². The van der Waals surface area contributed by atoms with E-state index in [0.717, 1.165) is 44.9 Å². The van der Waals surface area contributed by atoms with Gasteiger partial charge in [-0.25, -0.2) is 0 Å². The van der Waals surface area contributed by atoms with E-state index < -0.39 is 49.5 Å². The van der Waals surface area contributed by atoms with Crippen molar-refractivity contribution in [3.05, 3.63) is 12.2 Å². The molecule has 0 aromatic carbocycles. The number of nitrogens with one attached hydrogen (secondary N) is 1. The first kappa shape index (κ1) is 64.9. The zero-order chi connectivity index (χ0) is 49.4. The zero-order valence-corrected chi connectivity index (χ0v) is 44.9. The van der Waals surface area contributed by atoms with Crippen LogP contribution in [0.15, 0.2) is 12.2 Å². The SMILES string of the molecule is CCCCCC/C=C/C(O)C(COC1OC(CO)C(O)C(O)C1O)NC(=O)CCCCCCCCCCCCCCCCCCCCCCCCCCCCCCCCCCCCCCCCC. The van der Waals surface area contributed by atoms with Gasteiger partial charge in [0, 0.05) is 6.42 Å². The van der Waals surface area contributed by atoms with Crippen LogP contribution in [0.1, 0.15) is 303 Å². The molecular formula is C59H115NO8. The summed E-state index contributed by atoms with van der Waals surface area (Å²) in [5, 5.41) is 53.9. The van der Waals surface area contributed by atoms with Gasteiger partial charge in [0.05, 0.1) is 25.4 Å². The van der Waals surface area contributed by atoms with Gasteiger partial charge in [-0.1, -0.05) is 289 Å². The van der Waals surface area contributed by atoms with Crippen LogP contribution < -0.4 is 5.32 Å². The van der Waals surface area contributed by atoms with Crippen molar-refractivity contribution in [2.24, 2.45) is 0 Å². The van der Waals surface area contributed by atoms with Crippen molar-refractivity contribution in [2.75, 3.05) is 13.2 Å². The van der Waals surface area contributed by atoms with Crippen LogP contribution in [0.3, 0.4) is 0 Å². The summed E-state index contributed by atoms with van der Waals surface area (Å²) in [5.41, 5.74) is 0. The van der Waals surface area contributed by atoms with E-state index in [1.165, 1.54) is 238 Å². The van der Waals surface area contributed by atoms with Crippen molar-refractivity contribution in [2.45, 2.75) is 346 Å². The minimum Gasteiger partial charge on any atom is -0.394 e. The monoisotopic (exact) mass is 966 g/mol. The Hall–Kier alpha value is -1.07. The first-order valence-electron chi connectivity index (χ1n) is 29.9. The second-order valence-electron chi connectivity index (χ2n) is 21.2. The quantitative estimate of drug-likeness (QED) is 0.0261. The van der Waals surface area contributed by atoms with Crippen LogP contribution in [0.25, 0.3) is 0 Å². The predicted octanol–water partition coefficient (Wildman–Crippen LogP) is 14.8. The molecule has 1 rings (SSSR count). The minimum absolute atomic E-state index is 0.177. The molecule has 0 spiro atoms. The molecule has 9 nitrogen and oxygen atoms in total. The Balaban J connectivity index is 1.92. The van der Waals surface area contributed by atoms with Crippen LogP contribution in [-0.4, -0.2) is 87.5 Å². The molecular weight excluding hydrogens is 851 g/mol. The number of allylic oxidation sites excluding steroid dienone is 1. The molecule has 0 aromatic heterocycles. The average Bonchev–Trinajstić information content (AvgIpc) is 3.34. The standard InChI is InChI=1S/C59H115NO8/c1-3-5-7-9-11-12-13-14-15-16-17-18-19-20-21-22-23-24-25-26-27-28-29-30-31-32-33-34-35-36-37-38-39-40-41-42-43-45-47-49-55(63)60-52(53(62)48-46-44-10-8-6-4-2)51-67-59-58(66)57(65)56(64)54(50-61)68-59/h46,48,52-54,56-59,61-62,64-66H,3-45,47,49-51H2,1-2H3,(H,60,63)/b48-46+. The summed E-state index contributed by atoms with van der Waals surface area (Å²) in [6.07, 6.45) is 55.2. The first-order chi connectivity index (χ1) is 33.3. The Bertz CT molecular complexity index is 1080. The molecule has 7 unspecified atom stereocenters. The van der Waals surface area contributed by atoms with E-state index in [1.54, 1.807) is 6.08 Å². The molecule has 1 aliphatic heterocycles. The summed E-state index contributed by atoms with van der Waals surface area (Å²) in [6, 6.07) is -0.797. The fourth-order valence-corrected chi connectivity index (χ4v) is 9.87. The van der Waals surface area contributed by atoms with Gasteiger partial charge in [0.15, 0.2) is 6.29 Å². The van der Waals surface area contributed by atoms with E-state index in [0.29, 0.717) is 6.42 Å². The Kier molecular flexibility index (Phi) is 47.3. The van der Waals surface area contributed by atoms with E-state index in [9.17, 15) is 30.3 Å². The number of hydrogen-bond donors (Lipinski definition) is 6. The van der Waals surface area contributed by atoms with Gasteiger partial charge in [-0.15, -0.1) is 0 Å². The molecule has 68 heavy (non-hydrogen) atoms. The molecule has 9 heteroatoms. The Morgan fingerprint density at radius 1 is 0.485 bits per heavy atom. The van der Waals surface area contributed by atoms with Crippen LogP contribution in [0.4, 0.5) is 0 Å². The Morgan fingerprint density at radius 3 is 1.15 bits per heavy atom. The third-order valence-corrected chi connectivity index (χ3v) is 14.6. The van der Waals surface area contributed by atoms with Crippen LogP contribution in [0.5, 0.6) is 0 Å². The summed E-state index contributed by atoms with van der Waals surface area (Å²) in [7, 11) is 0. The minimum atomic E-state index is -1.56. The first-order valence-corrected chi connectivity index (χ1v) is 29.9. The van der Waals surface area contributed by atoms with Crippen molar-refractivity contribution in [1.82, 2.24) is 5.32 Å². The smallest absolute Gasteiger partial charge is 0.220 e. The fraction of sp³-hybridized carbons (Fsp3) is 0.949. The number of hydrogen-bond acceptors (Lipinski definition) is 8. The lowest BCUT2D eigenvalue weighted by Crippen LogP contribution is -2.60. The molecule has 0 radical (unpaired) electrons. The lowest BCUT2D eigenvalue weighted by atomic mass is 9.99. The summed E-state index contributed by atoms with van der Waals surface area (Å²) in [6.45, 7) is 3.72. The van der Waals surface area contributed by atoms with Crippen molar-refractivity contribution in [3.63, 3.8) is 0 Å². The highest BCUT2D eigenvalue weighted by molar-refractivity contribution is 5.76. The second kappa shape index (κ2) is 49.5. The van der Waals surface area contributed by atoms with Crippen LogP contribution in [-0.2, 0) is 14.3 Å². The highest BCUT2D eigenvalue weighted by Crippen LogP contribution is 2.23. The fourth-order valence-electron chi connectivity index (χ4n) is 9.87. The number of unbranched alkanes of at least 4 members (excludes halogenated alkanes) is 42. The number of carbonyl (C=O) groups excluding carboxylic acids is 1. The van der Waals surface area contributed by atoms with Gasteiger partial charge >= 0.3 is 0 Å². The van der Waals surface area contributed by atoms with E-state index >= 15 is 0 Å².